The molecule has 5 nitrogen and oxygen atoms in total. The maximum atomic E-state index is 13.1. The van der Waals surface area contributed by atoms with Crippen molar-refractivity contribution in [3.05, 3.63) is 59.7 Å². The summed E-state index contributed by atoms with van der Waals surface area (Å²) in [5.41, 5.74) is 2.43. The van der Waals surface area contributed by atoms with Crippen LogP contribution in [0.5, 0.6) is 0 Å². The van der Waals surface area contributed by atoms with Gasteiger partial charge in [-0.1, -0.05) is 6.08 Å². The standard InChI is InChI=1S/C17H20FN3O2/c1-4-9-20(10-11-22)17(23)16-12(2)19-21(13(16)3)15-7-5-14(18)6-8-15/h4-8,22H,1,9-11H2,2-3H3. The summed E-state index contributed by atoms with van der Waals surface area (Å²) in [6.45, 7) is 7.63. The first kappa shape index (κ1) is 16.9. The van der Waals surface area contributed by atoms with Crippen LogP contribution >= 0.6 is 0 Å². The minimum Gasteiger partial charge on any atom is -0.395 e. The number of benzene rings is 1. The van der Waals surface area contributed by atoms with Gasteiger partial charge in [0, 0.05) is 13.1 Å². The molecule has 1 aromatic heterocycles. The van der Waals surface area contributed by atoms with Crippen LogP contribution in [0.2, 0.25) is 0 Å². The summed E-state index contributed by atoms with van der Waals surface area (Å²) in [5, 5.41) is 13.5. The summed E-state index contributed by atoms with van der Waals surface area (Å²) < 4.78 is 14.7. The zero-order valence-electron chi connectivity index (χ0n) is 13.3. The van der Waals surface area contributed by atoms with Gasteiger partial charge < -0.3 is 10.0 Å². The molecule has 2 aromatic rings. The molecule has 1 N–H and O–H groups in total. The number of aliphatic hydroxyl groups is 1. The molecule has 0 aliphatic heterocycles. The molecule has 0 atom stereocenters. The van der Waals surface area contributed by atoms with Gasteiger partial charge in [0.25, 0.3) is 5.91 Å². The zero-order chi connectivity index (χ0) is 17.0. The highest BCUT2D eigenvalue weighted by Gasteiger charge is 2.23. The van der Waals surface area contributed by atoms with Gasteiger partial charge in [-0.25, -0.2) is 9.07 Å². The van der Waals surface area contributed by atoms with E-state index < -0.39 is 0 Å². The topological polar surface area (TPSA) is 58.4 Å². The van der Waals surface area contributed by atoms with E-state index in [1.54, 1.807) is 36.7 Å². The number of aryl methyl sites for hydroxylation is 1. The lowest BCUT2D eigenvalue weighted by Crippen LogP contribution is -2.34. The van der Waals surface area contributed by atoms with E-state index in [4.69, 9.17) is 5.11 Å². The molecule has 0 aliphatic carbocycles. The Morgan fingerprint density at radius 1 is 1.39 bits per heavy atom. The van der Waals surface area contributed by atoms with Crippen LogP contribution in [0.3, 0.4) is 0 Å². The average molecular weight is 317 g/mol. The van der Waals surface area contributed by atoms with Gasteiger partial charge in [0.1, 0.15) is 5.82 Å². The summed E-state index contributed by atoms with van der Waals surface area (Å²) in [6.07, 6.45) is 1.61. The largest absolute Gasteiger partial charge is 0.395 e. The molecule has 0 radical (unpaired) electrons. The van der Waals surface area contributed by atoms with Crippen molar-refractivity contribution in [1.29, 1.82) is 0 Å². The highest BCUT2D eigenvalue weighted by atomic mass is 19.1. The number of nitrogens with zero attached hydrogens (tertiary/aromatic N) is 3. The average Bonchev–Trinajstić information content (AvgIpc) is 2.82. The first-order valence-corrected chi connectivity index (χ1v) is 7.32. The Morgan fingerprint density at radius 2 is 2.04 bits per heavy atom. The molecule has 0 unspecified atom stereocenters. The molecular weight excluding hydrogens is 297 g/mol. The Balaban J connectivity index is 2.42. The van der Waals surface area contributed by atoms with Gasteiger partial charge >= 0.3 is 0 Å². The van der Waals surface area contributed by atoms with E-state index >= 15 is 0 Å². The van der Waals surface area contributed by atoms with Crippen LogP contribution < -0.4 is 0 Å². The fourth-order valence-corrected chi connectivity index (χ4v) is 2.50. The Bertz CT molecular complexity index is 707. The van der Waals surface area contributed by atoms with Gasteiger partial charge in [-0.05, 0) is 38.1 Å². The van der Waals surface area contributed by atoms with Gasteiger partial charge in [-0.3, -0.25) is 4.79 Å². The normalized spacial score (nSPS) is 10.6. The smallest absolute Gasteiger partial charge is 0.257 e. The molecule has 1 aromatic carbocycles. The van der Waals surface area contributed by atoms with E-state index in [-0.39, 0.29) is 24.9 Å². The molecule has 122 valence electrons. The Labute approximate surface area is 134 Å². The van der Waals surface area contributed by atoms with Crippen LogP contribution in [0.15, 0.2) is 36.9 Å². The second kappa shape index (κ2) is 7.19. The number of aromatic nitrogens is 2. The Hall–Kier alpha value is -2.47. The third kappa shape index (κ3) is 3.48. The van der Waals surface area contributed by atoms with Crippen molar-refractivity contribution in [1.82, 2.24) is 14.7 Å². The minimum absolute atomic E-state index is 0.121. The molecule has 0 saturated carbocycles. The lowest BCUT2D eigenvalue weighted by atomic mass is 10.1. The number of rotatable bonds is 6. The van der Waals surface area contributed by atoms with Crippen molar-refractivity contribution in [3.8, 4) is 5.69 Å². The molecule has 2 rings (SSSR count). The van der Waals surface area contributed by atoms with E-state index in [2.05, 4.69) is 11.7 Å². The van der Waals surface area contributed by atoms with Crippen LogP contribution in [0.1, 0.15) is 21.7 Å². The predicted molar refractivity (Wildman–Crippen MR) is 86.2 cm³/mol. The number of carbonyl (C=O) groups excluding carboxylic acids is 1. The maximum Gasteiger partial charge on any atom is 0.257 e. The number of aliphatic hydroxyl groups excluding tert-OH is 1. The number of hydrogen-bond acceptors (Lipinski definition) is 3. The molecule has 23 heavy (non-hydrogen) atoms. The Morgan fingerprint density at radius 3 is 2.61 bits per heavy atom. The number of halogens is 1. The van der Waals surface area contributed by atoms with Crippen molar-refractivity contribution in [2.24, 2.45) is 0 Å². The maximum absolute atomic E-state index is 13.1. The zero-order valence-corrected chi connectivity index (χ0v) is 13.3. The molecule has 0 aliphatic rings. The molecule has 0 bridgehead atoms. The summed E-state index contributed by atoms with van der Waals surface area (Å²) in [5.74, 6) is -0.533. The van der Waals surface area contributed by atoms with Crippen LogP contribution in [0.25, 0.3) is 5.69 Å². The molecule has 0 fully saturated rings. The Kier molecular flexibility index (Phi) is 5.28. The van der Waals surface area contributed by atoms with Crippen molar-refractivity contribution in [2.45, 2.75) is 13.8 Å². The van der Waals surface area contributed by atoms with Crippen molar-refractivity contribution in [2.75, 3.05) is 19.7 Å². The molecule has 0 saturated heterocycles. The van der Waals surface area contributed by atoms with Crippen LogP contribution in [-0.2, 0) is 0 Å². The monoisotopic (exact) mass is 317 g/mol. The van der Waals surface area contributed by atoms with Gasteiger partial charge in [0.2, 0.25) is 0 Å². The van der Waals surface area contributed by atoms with Crippen LogP contribution in [0, 0.1) is 19.7 Å². The quantitative estimate of drug-likeness (QED) is 0.831. The predicted octanol–water partition coefficient (Wildman–Crippen LogP) is 2.25. The van der Waals surface area contributed by atoms with Crippen molar-refractivity contribution >= 4 is 5.91 Å². The second-order valence-electron chi connectivity index (χ2n) is 5.20. The van der Waals surface area contributed by atoms with E-state index in [0.29, 0.717) is 29.2 Å². The first-order chi connectivity index (χ1) is 11.0. The van der Waals surface area contributed by atoms with Gasteiger partial charge in [0.05, 0.1) is 29.2 Å². The lowest BCUT2D eigenvalue weighted by molar-refractivity contribution is 0.0741. The number of hydrogen-bond donors (Lipinski definition) is 1. The molecule has 0 spiro atoms. The second-order valence-corrected chi connectivity index (χ2v) is 5.20. The molecule has 6 heteroatoms. The molecule has 1 amide bonds. The number of amides is 1. The highest BCUT2D eigenvalue weighted by molar-refractivity contribution is 5.96. The molecule has 1 heterocycles. The minimum atomic E-state index is -0.327. The van der Waals surface area contributed by atoms with Crippen molar-refractivity contribution in [3.63, 3.8) is 0 Å². The lowest BCUT2D eigenvalue weighted by Gasteiger charge is -2.20. The van der Waals surface area contributed by atoms with Crippen LogP contribution in [0.4, 0.5) is 4.39 Å². The fourth-order valence-electron chi connectivity index (χ4n) is 2.50. The van der Waals surface area contributed by atoms with Gasteiger partial charge in [-0.2, -0.15) is 5.10 Å². The SMILES string of the molecule is C=CCN(CCO)C(=O)c1c(C)nn(-c2ccc(F)cc2)c1C. The van der Waals surface area contributed by atoms with E-state index in [1.165, 1.54) is 17.0 Å². The molecular formula is C17H20FN3O2. The van der Waals surface area contributed by atoms with Crippen LogP contribution in [-0.4, -0.2) is 45.4 Å². The third-order valence-electron chi connectivity index (χ3n) is 3.58. The van der Waals surface area contributed by atoms with E-state index in [0.717, 1.165) is 0 Å². The van der Waals surface area contributed by atoms with Crippen molar-refractivity contribution < 1.29 is 14.3 Å². The summed E-state index contributed by atoms with van der Waals surface area (Å²) >= 11 is 0. The fraction of sp³-hybridized carbons (Fsp3) is 0.294. The summed E-state index contributed by atoms with van der Waals surface area (Å²) in [6, 6.07) is 5.92. The highest BCUT2D eigenvalue weighted by Crippen LogP contribution is 2.20. The van der Waals surface area contributed by atoms with E-state index in [1.807, 2.05) is 0 Å². The first-order valence-electron chi connectivity index (χ1n) is 7.32. The number of carbonyl (C=O) groups is 1. The third-order valence-corrected chi connectivity index (χ3v) is 3.58. The summed E-state index contributed by atoms with van der Waals surface area (Å²) in [7, 11) is 0. The van der Waals surface area contributed by atoms with E-state index in [9.17, 15) is 9.18 Å². The van der Waals surface area contributed by atoms with Gasteiger partial charge in [-0.15, -0.1) is 6.58 Å². The summed E-state index contributed by atoms with van der Waals surface area (Å²) in [4.78, 5) is 14.2. The van der Waals surface area contributed by atoms with Gasteiger partial charge in [0.15, 0.2) is 0 Å².